The smallest absolute Gasteiger partial charge is 0.0967 e. The van der Waals surface area contributed by atoms with Gasteiger partial charge in [0.1, 0.15) is 0 Å². The lowest BCUT2D eigenvalue weighted by molar-refractivity contribution is 0.797. The highest BCUT2D eigenvalue weighted by Gasteiger charge is 2.02. The molecule has 84 valence electrons. The second kappa shape index (κ2) is 3.95. The van der Waals surface area contributed by atoms with E-state index in [1.54, 1.807) is 10.9 Å². The van der Waals surface area contributed by atoms with Crippen molar-refractivity contribution < 1.29 is 0 Å². The van der Waals surface area contributed by atoms with Gasteiger partial charge in [-0.2, -0.15) is 0 Å². The summed E-state index contributed by atoms with van der Waals surface area (Å²) in [5.74, 6) is 0. The first-order chi connectivity index (χ1) is 8.36. The van der Waals surface area contributed by atoms with Crippen molar-refractivity contribution in [1.29, 1.82) is 0 Å². The highest BCUT2D eigenvalue weighted by atomic mass is 15.4. The van der Waals surface area contributed by atoms with Crippen LogP contribution in [0.5, 0.6) is 0 Å². The van der Waals surface area contributed by atoms with Gasteiger partial charge in [0.25, 0.3) is 0 Å². The first-order valence-corrected chi connectivity index (χ1v) is 5.33. The fourth-order valence-electron chi connectivity index (χ4n) is 1.72. The molecule has 0 bridgehead atoms. The number of aromatic nitrogens is 4. The molecule has 0 aliphatic heterocycles. The number of fused-ring (bicyclic) bond motifs is 1. The number of rotatable bonds is 2. The Morgan fingerprint density at radius 2 is 2.18 bits per heavy atom. The summed E-state index contributed by atoms with van der Waals surface area (Å²) < 4.78 is 1.72. The molecular weight excluding hydrogens is 214 g/mol. The lowest BCUT2D eigenvalue weighted by atomic mass is 10.2. The van der Waals surface area contributed by atoms with Gasteiger partial charge in [0.2, 0.25) is 0 Å². The summed E-state index contributed by atoms with van der Waals surface area (Å²) in [4.78, 5) is 4.27. The Hall–Kier alpha value is -2.27. The molecule has 3 aromatic rings. The molecule has 0 saturated heterocycles. The minimum Gasteiger partial charge on any atom is -0.325 e. The van der Waals surface area contributed by atoms with E-state index in [9.17, 15) is 0 Å². The Bertz CT molecular complexity index is 659. The van der Waals surface area contributed by atoms with Crippen molar-refractivity contribution in [2.45, 2.75) is 6.54 Å². The van der Waals surface area contributed by atoms with Gasteiger partial charge in [-0.25, -0.2) is 4.68 Å². The van der Waals surface area contributed by atoms with E-state index in [-0.39, 0.29) is 0 Å². The zero-order valence-corrected chi connectivity index (χ0v) is 9.11. The number of nitrogens with zero attached hydrogens (tertiary/aromatic N) is 4. The van der Waals surface area contributed by atoms with E-state index in [1.807, 2.05) is 36.5 Å². The van der Waals surface area contributed by atoms with Gasteiger partial charge in [0.05, 0.1) is 23.1 Å². The number of nitrogens with two attached hydrogens (primary N) is 1. The van der Waals surface area contributed by atoms with Crippen LogP contribution in [0.1, 0.15) is 5.69 Å². The highest BCUT2D eigenvalue weighted by molar-refractivity contribution is 5.80. The van der Waals surface area contributed by atoms with E-state index in [4.69, 9.17) is 5.73 Å². The van der Waals surface area contributed by atoms with Gasteiger partial charge in [0.15, 0.2) is 0 Å². The normalized spacial score (nSPS) is 10.9. The summed E-state index contributed by atoms with van der Waals surface area (Å²) in [5, 5.41) is 9.07. The number of benzene rings is 1. The maximum Gasteiger partial charge on any atom is 0.0967 e. The summed E-state index contributed by atoms with van der Waals surface area (Å²) >= 11 is 0. The zero-order valence-electron chi connectivity index (χ0n) is 9.11. The molecule has 0 aliphatic carbocycles. The largest absolute Gasteiger partial charge is 0.325 e. The van der Waals surface area contributed by atoms with Gasteiger partial charge in [-0.05, 0) is 24.3 Å². The minimum atomic E-state index is 0.398. The molecule has 5 heteroatoms. The third-order valence-electron chi connectivity index (χ3n) is 2.60. The van der Waals surface area contributed by atoms with Gasteiger partial charge < -0.3 is 5.73 Å². The van der Waals surface area contributed by atoms with Crippen LogP contribution in [-0.4, -0.2) is 20.0 Å². The third kappa shape index (κ3) is 1.76. The molecular formula is C12H11N5. The van der Waals surface area contributed by atoms with Crippen molar-refractivity contribution in [1.82, 2.24) is 20.0 Å². The van der Waals surface area contributed by atoms with Crippen molar-refractivity contribution in [2.75, 3.05) is 0 Å². The van der Waals surface area contributed by atoms with E-state index < -0.39 is 0 Å². The Morgan fingerprint density at radius 1 is 1.24 bits per heavy atom. The van der Waals surface area contributed by atoms with E-state index >= 15 is 0 Å². The molecule has 0 amide bonds. The number of pyridine rings is 1. The van der Waals surface area contributed by atoms with Crippen LogP contribution >= 0.6 is 0 Å². The van der Waals surface area contributed by atoms with Crippen LogP contribution in [0.4, 0.5) is 0 Å². The monoisotopic (exact) mass is 225 g/mol. The first kappa shape index (κ1) is 9.92. The molecule has 0 radical (unpaired) electrons. The lowest BCUT2D eigenvalue weighted by Crippen LogP contribution is -1.96. The van der Waals surface area contributed by atoms with E-state index in [2.05, 4.69) is 15.3 Å². The van der Waals surface area contributed by atoms with E-state index in [1.165, 1.54) is 0 Å². The SMILES string of the molecule is NCc1cn(-c2ccc3ncccc3c2)nn1. The van der Waals surface area contributed by atoms with E-state index in [0.29, 0.717) is 6.54 Å². The van der Waals surface area contributed by atoms with Gasteiger partial charge in [-0.15, -0.1) is 5.10 Å². The standard InChI is InChI=1S/C12H11N5/c13-7-10-8-17(16-15-10)11-3-4-12-9(6-11)2-1-5-14-12/h1-6,8H,7,13H2. The van der Waals surface area contributed by atoms with Crippen LogP contribution in [0.2, 0.25) is 0 Å². The Morgan fingerprint density at radius 3 is 3.00 bits per heavy atom. The first-order valence-electron chi connectivity index (χ1n) is 5.33. The Labute approximate surface area is 97.9 Å². The Kier molecular flexibility index (Phi) is 2.31. The molecule has 0 unspecified atom stereocenters. The highest BCUT2D eigenvalue weighted by Crippen LogP contribution is 2.15. The molecule has 2 N–H and O–H groups in total. The zero-order chi connectivity index (χ0) is 11.7. The quantitative estimate of drug-likeness (QED) is 0.713. The van der Waals surface area contributed by atoms with Crippen LogP contribution < -0.4 is 5.73 Å². The Balaban J connectivity index is 2.11. The summed E-state index contributed by atoms with van der Waals surface area (Å²) in [6.07, 6.45) is 3.61. The second-order valence-electron chi connectivity index (χ2n) is 3.74. The topological polar surface area (TPSA) is 69.6 Å². The molecule has 3 rings (SSSR count). The number of hydrogen-bond acceptors (Lipinski definition) is 4. The number of hydrogen-bond donors (Lipinski definition) is 1. The fourth-order valence-corrected chi connectivity index (χ4v) is 1.72. The van der Waals surface area contributed by atoms with Crippen molar-refractivity contribution in [3.05, 3.63) is 48.4 Å². The molecule has 1 aromatic carbocycles. The summed E-state index contributed by atoms with van der Waals surface area (Å²) in [5.41, 5.74) is 8.20. The van der Waals surface area contributed by atoms with Crippen LogP contribution in [-0.2, 0) is 6.54 Å². The molecule has 0 aliphatic rings. The van der Waals surface area contributed by atoms with Crippen molar-refractivity contribution in [3.63, 3.8) is 0 Å². The fraction of sp³-hybridized carbons (Fsp3) is 0.0833. The van der Waals surface area contributed by atoms with Crippen LogP contribution in [0, 0.1) is 0 Å². The summed E-state index contributed by atoms with van der Waals surface area (Å²) in [6.45, 7) is 0.398. The third-order valence-corrected chi connectivity index (χ3v) is 2.60. The van der Waals surface area contributed by atoms with Gasteiger partial charge in [0, 0.05) is 18.1 Å². The van der Waals surface area contributed by atoms with Crippen molar-refractivity contribution >= 4 is 10.9 Å². The van der Waals surface area contributed by atoms with Gasteiger partial charge in [-0.3, -0.25) is 4.98 Å². The molecule has 2 aromatic heterocycles. The summed E-state index contributed by atoms with van der Waals surface area (Å²) in [6, 6.07) is 9.89. The molecule has 0 fully saturated rings. The van der Waals surface area contributed by atoms with Crippen LogP contribution in [0.15, 0.2) is 42.7 Å². The van der Waals surface area contributed by atoms with Crippen molar-refractivity contribution in [3.8, 4) is 5.69 Å². The van der Waals surface area contributed by atoms with Crippen LogP contribution in [0.25, 0.3) is 16.6 Å². The molecule has 2 heterocycles. The van der Waals surface area contributed by atoms with Crippen molar-refractivity contribution in [2.24, 2.45) is 5.73 Å². The molecule has 5 nitrogen and oxygen atoms in total. The van der Waals surface area contributed by atoms with Gasteiger partial charge >= 0.3 is 0 Å². The maximum absolute atomic E-state index is 5.51. The average Bonchev–Trinajstić information content (AvgIpc) is 2.87. The van der Waals surface area contributed by atoms with Gasteiger partial charge in [-0.1, -0.05) is 11.3 Å². The van der Waals surface area contributed by atoms with E-state index in [0.717, 1.165) is 22.3 Å². The predicted octanol–water partition coefficient (Wildman–Crippen LogP) is 1.27. The molecule has 0 spiro atoms. The van der Waals surface area contributed by atoms with Crippen LogP contribution in [0.3, 0.4) is 0 Å². The average molecular weight is 225 g/mol. The maximum atomic E-state index is 5.51. The molecule has 17 heavy (non-hydrogen) atoms. The predicted molar refractivity (Wildman–Crippen MR) is 64.6 cm³/mol. The summed E-state index contributed by atoms with van der Waals surface area (Å²) in [7, 11) is 0. The lowest BCUT2D eigenvalue weighted by Gasteiger charge is -2.01. The minimum absolute atomic E-state index is 0.398. The molecule has 0 atom stereocenters. The second-order valence-corrected chi connectivity index (χ2v) is 3.74. The molecule has 0 saturated carbocycles.